The van der Waals surface area contributed by atoms with Gasteiger partial charge in [0.2, 0.25) is 0 Å². The minimum absolute atomic E-state index is 0.803. The Balaban J connectivity index is 1.65. The van der Waals surface area contributed by atoms with E-state index in [9.17, 15) is 0 Å². The van der Waals surface area contributed by atoms with E-state index in [2.05, 4.69) is 35.6 Å². The van der Waals surface area contributed by atoms with Gasteiger partial charge in [0.05, 0.1) is 0 Å². The maximum atomic E-state index is 3.77. The molecule has 92 valence electrons. The van der Waals surface area contributed by atoms with Crippen molar-refractivity contribution in [3.05, 3.63) is 35.9 Å². The number of benzene rings is 1. The molecule has 0 amide bonds. The summed E-state index contributed by atoms with van der Waals surface area (Å²) in [7, 11) is 0. The average molecular weight is 229 g/mol. The summed E-state index contributed by atoms with van der Waals surface area (Å²) in [6.45, 7) is 1.23. The minimum Gasteiger partial charge on any atom is -0.313 e. The lowest BCUT2D eigenvalue weighted by Crippen LogP contribution is -2.34. The lowest BCUT2D eigenvalue weighted by atomic mass is 9.84. The van der Waals surface area contributed by atoms with E-state index in [1.165, 1.54) is 50.6 Å². The molecule has 0 radical (unpaired) electrons. The van der Waals surface area contributed by atoms with E-state index in [0.29, 0.717) is 0 Å². The van der Waals surface area contributed by atoms with Crippen LogP contribution in [0.3, 0.4) is 0 Å². The van der Waals surface area contributed by atoms with Crippen LogP contribution in [0.1, 0.15) is 37.7 Å². The Morgan fingerprint density at radius 1 is 1.00 bits per heavy atom. The van der Waals surface area contributed by atoms with Crippen molar-refractivity contribution in [2.75, 3.05) is 6.54 Å². The third-order valence-electron chi connectivity index (χ3n) is 4.65. The molecule has 1 heterocycles. The number of hydrogen-bond donors (Lipinski definition) is 1. The zero-order chi connectivity index (χ0) is 11.5. The van der Waals surface area contributed by atoms with Crippen LogP contribution in [-0.4, -0.2) is 12.6 Å². The van der Waals surface area contributed by atoms with Crippen LogP contribution in [0.5, 0.6) is 0 Å². The molecule has 1 aliphatic carbocycles. The van der Waals surface area contributed by atoms with Crippen molar-refractivity contribution in [1.82, 2.24) is 5.32 Å². The largest absolute Gasteiger partial charge is 0.313 e. The van der Waals surface area contributed by atoms with Crippen LogP contribution < -0.4 is 5.32 Å². The topological polar surface area (TPSA) is 12.0 Å². The van der Waals surface area contributed by atoms with E-state index in [-0.39, 0.29) is 0 Å². The van der Waals surface area contributed by atoms with Gasteiger partial charge >= 0.3 is 0 Å². The van der Waals surface area contributed by atoms with Gasteiger partial charge in [0.15, 0.2) is 0 Å². The standard InChI is InChI=1S/C16H23N/c1-2-6-13(7-3-1)12-15-10-11-17-16(15)14-8-4-5-9-14/h1-3,6-7,14-17H,4-5,8-12H2. The molecule has 1 saturated carbocycles. The summed E-state index contributed by atoms with van der Waals surface area (Å²) >= 11 is 0. The van der Waals surface area contributed by atoms with Crippen molar-refractivity contribution >= 4 is 0 Å². The SMILES string of the molecule is c1ccc(CC2CCNC2C2CCCC2)cc1. The Hall–Kier alpha value is -0.820. The number of nitrogens with one attached hydrogen (secondary N) is 1. The van der Waals surface area contributed by atoms with Gasteiger partial charge in [-0.1, -0.05) is 43.2 Å². The van der Waals surface area contributed by atoms with Gasteiger partial charge in [-0.2, -0.15) is 0 Å². The highest BCUT2D eigenvalue weighted by Crippen LogP contribution is 2.35. The van der Waals surface area contributed by atoms with Crippen LogP contribution in [0, 0.1) is 11.8 Å². The van der Waals surface area contributed by atoms with Crippen molar-refractivity contribution in [3.63, 3.8) is 0 Å². The van der Waals surface area contributed by atoms with Crippen LogP contribution in [0.2, 0.25) is 0 Å². The smallest absolute Gasteiger partial charge is 0.0127 e. The second-order valence-electron chi connectivity index (χ2n) is 5.76. The molecule has 0 aromatic heterocycles. The fourth-order valence-electron chi connectivity index (χ4n) is 3.80. The van der Waals surface area contributed by atoms with Crippen molar-refractivity contribution in [2.45, 2.75) is 44.6 Å². The van der Waals surface area contributed by atoms with Gasteiger partial charge in [-0.25, -0.2) is 0 Å². The van der Waals surface area contributed by atoms with Crippen LogP contribution in [-0.2, 0) is 6.42 Å². The summed E-state index contributed by atoms with van der Waals surface area (Å²) in [5, 5.41) is 3.77. The Bertz CT molecular complexity index is 340. The quantitative estimate of drug-likeness (QED) is 0.837. The van der Waals surface area contributed by atoms with E-state index in [1.54, 1.807) is 0 Å². The number of rotatable bonds is 3. The molecule has 2 fully saturated rings. The molecule has 2 atom stereocenters. The second kappa shape index (κ2) is 5.22. The Morgan fingerprint density at radius 2 is 1.76 bits per heavy atom. The van der Waals surface area contributed by atoms with Crippen molar-refractivity contribution in [2.24, 2.45) is 11.8 Å². The van der Waals surface area contributed by atoms with Crippen LogP contribution in [0.25, 0.3) is 0 Å². The van der Waals surface area contributed by atoms with Crippen molar-refractivity contribution in [3.8, 4) is 0 Å². The molecule has 0 bridgehead atoms. The molecular formula is C16H23N. The summed E-state index contributed by atoms with van der Waals surface area (Å²) in [6, 6.07) is 11.8. The van der Waals surface area contributed by atoms with E-state index in [4.69, 9.17) is 0 Å². The molecule has 1 aliphatic heterocycles. The zero-order valence-corrected chi connectivity index (χ0v) is 10.6. The zero-order valence-electron chi connectivity index (χ0n) is 10.6. The van der Waals surface area contributed by atoms with Gasteiger partial charge < -0.3 is 5.32 Å². The van der Waals surface area contributed by atoms with Gasteiger partial charge in [0.1, 0.15) is 0 Å². The molecule has 1 aromatic rings. The Labute approximate surface area is 105 Å². The molecule has 1 N–H and O–H groups in total. The van der Waals surface area contributed by atoms with Gasteiger partial charge in [0, 0.05) is 6.04 Å². The summed E-state index contributed by atoms with van der Waals surface area (Å²) in [4.78, 5) is 0. The van der Waals surface area contributed by atoms with E-state index in [0.717, 1.165) is 17.9 Å². The lowest BCUT2D eigenvalue weighted by molar-refractivity contribution is 0.319. The highest BCUT2D eigenvalue weighted by atomic mass is 15.0. The Kier molecular flexibility index (Phi) is 3.46. The first kappa shape index (κ1) is 11.3. The summed E-state index contributed by atoms with van der Waals surface area (Å²) in [5.74, 6) is 1.84. The van der Waals surface area contributed by atoms with Crippen molar-refractivity contribution < 1.29 is 0 Å². The van der Waals surface area contributed by atoms with E-state index >= 15 is 0 Å². The molecule has 1 nitrogen and oxygen atoms in total. The predicted molar refractivity (Wildman–Crippen MR) is 72.0 cm³/mol. The molecule has 2 aliphatic rings. The first-order valence-corrected chi connectivity index (χ1v) is 7.21. The fraction of sp³-hybridized carbons (Fsp3) is 0.625. The van der Waals surface area contributed by atoms with E-state index in [1.807, 2.05) is 0 Å². The highest BCUT2D eigenvalue weighted by molar-refractivity contribution is 5.16. The van der Waals surface area contributed by atoms with Gasteiger partial charge in [-0.15, -0.1) is 0 Å². The molecule has 1 heteroatoms. The summed E-state index contributed by atoms with van der Waals surface area (Å²) in [6.07, 6.45) is 8.48. The van der Waals surface area contributed by atoms with Crippen LogP contribution in [0.4, 0.5) is 0 Å². The molecule has 2 unspecified atom stereocenters. The Morgan fingerprint density at radius 3 is 2.53 bits per heavy atom. The van der Waals surface area contributed by atoms with E-state index < -0.39 is 0 Å². The minimum atomic E-state index is 0.803. The summed E-state index contributed by atoms with van der Waals surface area (Å²) < 4.78 is 0. The van der Waals surface area contributed by atoms with Gasteiger partial charge in [-0.05, 0) is 49.6 Å². The third-order valence-corrected chi connectivity index (χ3v) is 4.65. The van der Waals surface area contributed by atoms with Crippen LogP contribution in [0.15, 0.2) is 30.3 Å². The highest BCUT2D eigenvalue weighted by Gasteiger charge is 2.34. The second-order valence-corrected chi connectivity index (χ2v) is 5.76. The fourth-order valence-corrected chi connectivity index (χ4v) is 3.80. The first-order chi connectivity index (χ1) is 8.43. The normalized spacial score (nSPS) is 29.9. The average Bonchev–Trinajstić information content (AvgIpc) is 3.00. The van der Waals surface area contributed by atoms with Gasteiger partial charge in [-0.3, -0.25) is 0 Å². The molecule has 3 rings (SSSR count). The molecule has 0 spiro atoms. The summed E-state index contributed by atoms with van der Waals surface area (Å²) in [5.41, 5.74) is 1.52. The molecule has 17 heavy (non-hydrogen) atoms. The monoisotopic (exact) mass is 229 g/mol. The van der Waals surface area contributed by atoms with Crippen molar-refractivity contribution in [1.29, 1.82) is 0 Å². The third kappa shape index (κ3) is 2.55. The van der Waals surface area contributed by atoms with Gasteiger partial charge in [0.25, 0.3) is 0 Å². The first-order valence-electron chi connectivity index (χ1n) is 7.21. The maximum Gasteiger partial charge on any atom is 0.0127 e. The molecule has 1 aromatic carbocycles. The molecule has 1 saturated heterocycles. The van der Waals surface area contributed by atoms with Crippen LogP contribution >= 0.6 is 0 Å². The lowest BCUT2D eigenvalue weighted by Gasteiger charge is -2.25. The number of hydrogen-bond acceptors (Lipinski definition) is 1. The predicted octanol–water partition coefficient (Wildman–Crippen LogP) is 3.40. The maximum absolute atomic E-state index is 3.77. The molecular weight excluding hydrogens is 206 g/mol.